The van der Waals surface area contributed by atoms with Crippen LogP contribution in [0.1, 0.15) is 20.3 Å². The summed E-state index contributed by atoms with van der Waals surface area (Å²) in [6, 6.07) is 16.6. The topological polar surface area (TPSA) is 49.8 Å². The number of aromatic nitrogens is 2. The number of halogens is 2. The number of rotatable bonds is 6. The molecule has 0 saturated heterocycles. The molecule has 3 rings (SSSR count). The van der Waals surface area contributed by atoms with E-state index in [9.17, 15) is 4.39 Å². The molecule has 6 heteroatoms. The second kappa shape index (κ2) is 8.27. The van der Waals surface area contributed by atoms with Gasteiger partial charge in [0.25, 0.3) is 0 Å². The van der Waals surface area contributed by atoms with E-state index in [0.29, 0.717) is 16.2 Å². The van der Waals surface area contributed by atoms with E-state index >= 15 is 0 Å². The van der Waals surface area contributed by atoms with E-state index in [0.717, 1.165) is 23.4 Å². The van der Waals surface area contributed by atoms with Crippen LogP contribution in [0.4, 0.5) is 21.8 Å². The van der Waals surface area contributed by atoms with Crippen molar-refractivity contribution in [3.63, 3.8) is 0 Å². The van der Waals surface area contributed by atoms with Crippen LogP contribution >= 0.6 is 15.9 Å². The fourth-order valence-electron chi connectivity index (χ4n) is 2.38. The quantitative estimate of drug-likeness (QED) is 0.519. The van der Waals surface area contributed by atoms with Crippen LogP contribution in [0.2, 0.25) is 0 Å². The Hall–Kier alpha value is -2.47. The van der Waals surface area contributed by atoms with Crippen molar-refractivity contribution in [1.82, 2.24) is 9.97 Å². The van der Waals surface area contributed by atoms with E-state index in [-0.39, 0.29) is 11.9 Å². The zero-order valence-electron chi connectivity index (χ0n) is 14.6. The first-order valence-electron chi connectivity index (χ1n) is 8.48. The number of anilines is 3. The van der Waals surface area contributed by atoms with Crippen molar-refractivity contribution < 1.29 is 4.39 Å². The van der Waals surface area contributed by atoms with Gasteiger partial charge < -0.3 is 10.6 Å². The molecule has 3 aromatic rings. The van der Waals surface area contributed by atoms with Crippen molar-refractivity contribution in [3.05, 3.63) is 64.9 Å². The number of hydrogen-bond donors (Lipinski definition) is 2. The fourth-order valence-corrected chi connectivity index (χ4v) is 2.83. The summed E-state index contributed by atoms with van der Waals surface area (Å²) in [6.45, 7) is 4.19. The lowest BCUT2D eigenvalue weighted by Gasteiger charge is -2.15. The molecule has 1 heterocycles. The van der Waals surface area contributed by atoms with Crippen LogP contribution in [0.25, 0.3) is 11.3 Å². The summed E-state index contributed by atoms with van der Waals surface area (Å²) in [6.07, 6.45) is 0.963. The highest BCUT2D eigenvalue weighted by molar-refractivity contribution is 9.10. The van der Waals surface area contributed by atoms with Crippen LogP contribution in [-0.4, -0.2) is 16.0 Å². The van der Waals surface area contributed by atoms with E-state index in [1.54, 1.807) is 6.07 Å². The molecular weight excluding hydrogens is 395 g/mol. The third-order valence-corrected chi connectivity index (χ3v) is 4.63. The molecule has 134 valence electrons. The Morgan fingerprint density at radius 1 is 1.08 bits per heavy atom. The standard InChI is InChI=1S/C20H20BrFN4/c1-3-13(2)23-20-25-18(14-7-5-4-6-8-14)12-19(26-20)24-17-10-9-15(22)11-16(17)21/h4-13H,3H2,1-2H3,(H2,23,24,25,26)/t13-/m0/s1. The summed E-state index contributed by atoms with van der Waals surface area (Å²) in [7, 11) is 0. The lowest BCUT2D eigenvalue weighted by atomic mass is 10.1. The van der Waals surface area contributed by atoms with Gasteiger partial charge in [-0.05, 0) is 47.5 Å². The second-order valence-corrected chi connectivity index (χ2v) is 6.89. The predicted molar refractivity (Wildman–Crippen MR) is 108 cm³/mol. The minimum absolute atomic E-state index is 0.256. The van der Waals surface area contributed by atoms with Gasteiger partial charge in [-0.2, -0.15) is 4.98 Å². The summed E-state index contributed by atoms with van der Waals surface area (Å²) < 4.78 is 14.0. The maximum Gasteiger partial charge on any atom is 0.225 e. The van der Waals surface area contributed by atoms with Crippen LogP contribution in [-0.2, 0) is 0 Å². The van der Waals surface area contributed by atoms with Gasteiger partial charge in [-0.15, -0.1) is 0 Å². The first kappa shape index (κ1) is 18.3. The van der Waals surface area contributed by atoms with E-state index < -0.39 is 0 Å². The van der Waals surface area contributed by atoms with Crippen molar-refractivity contribution in [1.29, 1.82) is 0 Å². The molecule has 26 heavy (non-hydrogen) atoms. The van der Waals surface area contributed by atoms with Gasteiger partial charge in [0, 0.05) is 22.1 Å². The van der Waals surface area contributed by atoms with Gasteiger partial charge in [0.05, 0.1) is 11.4 Å². The number of nitrogens with one attached hydrogen (secondary N) is 2. The summed E-state index contributed by atoms with van der Waals surface area (Å²) >= 11 is 3.38. The molecule has 2 N–H and O–H groups in total. The molecule has 0 unspecified atom stereocenters. The minimum Gasteiger partial charge on any atom is -0.352 e. The lowest BCUT2D eigenvalue weighted by Crippen LogP contribution is -2.16. The van der Waals surface area contributed by atoms with Crippen LogP contribution < -0.4 is 10.6 Å². The maximum absolute atomic E-state index is 13.3. The Balaban J connectivity index is 1.98. The zero-order valence-corrected chi connectivity index (χ0v) is 16.2. The number of benzene rings is 2. The van der Waals surface area contributed by atoms with Crippen molar-refractivity contribution in [3.8, 4) is 11.3 Å². The Kier molecular flexibility index (Phi) is 5.83. The van der Waals surface area contributed by atoms with Gasteiger partial charge in [0.1, 0.15) is 11.6 Å². The summed E-state index contributed by atoms with van der Waals surface area (Å²) in [4.78, 5) is 9.19. The van der Waals surface area contributed by atoms with Crippen LogP contribution in [0.15, 0.2) is 59.1 Å². The third kappa shape index (κ3) is 4.58. The van der Waals surface area contributed by atoms with E-state index in [1.165, 1.54) is 12.1 Å². The molecule has 0 fully saturated rings. The molecule has 4 nitrogen and oxygen atoms in total. The highest BCUT2D eigenvalue weighted by Crippen LogP contribution is 2.28. The van der Waals surface area contributed by atoms with E-state index in [2.05, 4.69) is 50.4 Å². The molecule has 1 atom stereocenters. The average molecular weight is 415 g/mol. The molecule has 2 aromatic carbocycles. The predicted octanol–water partition coefficient (Wildman–Crippen LogP) is 6.00. The molecule has 0 aliphatic heterocycles. The Bertz CT molecular complexity index is 886. The number of hydrogen-bond acceptors (Lipinski definition) is 4. The first-order valence-corrected chi connectivity index (χ1v) is 9.27. The first-order chi connectivity index (χ1) is 12.5. The maximum atomic E-state index is 13.3. The molecule has 0 spiro atoms. The Morgan fingerprint density at radius 3 is 2.54 bits per heavy atom. The SMILES string of the molecule is CC[C@H](C)Nc1nc(Nc2ccc(F)cc2Br)cc(-c2ccccc2)n1. The normalized spacial score (nSPS) is 11.8. The smallest absolute Gasteiger partial charge is 0.225 e. The summed E-state index contributed by atoms with van der Waals surface area (Å²) in [5.41, 5.74) is 2.55. The Morgan fingerprint density at radius 2 is 1.85 bits per heavy atom. The average Bonchev–Trinajstić information content (AvgIpc) is 2.64. The Labute approximate surface area is 161 Å². The van der Waals surface area contributed by atoms with Gasteiger partial charge in [0.2, 0.25) is 5.95 Å². The van der Waals surface area contributed by atoms with Crippen LogP contribution in [0.5, 0.6) is 0 Å². The molecule has 0 bridgehead atoms. The number of nitrogens with zero attached hydrogens (tertiary/aromatic N) is 2. The molecule has 0 radical (unpaired) electrons. The zero-order chi connectivity index (χ0) is 18.5. The molecular formula is C20H20BrFN4. The van der Waals surface area contributed by atoms with Crippen molar-refractivity contribution in [2.45, 2.75) is 26.3 Å². The highest BCUT2D eigenvalue weighted by atomic mass is 79.9. The van der Waals surface area contributed by atoms with Crippen LogP contribution in [0, 0.1) is 5.82 Å². The highest BCUT2D eigenvalue weighted by Gasteiger charge is 2.10. The van der Waals surface area contributed by atoms with Gasteiger partial charge in [0.15, 0.2) is 0 Å². The molecule has 0 aliphatic carbocycles. The summed E-state index contributed by atoms with van der Waals surface area (Å²) in [5, 5.41) is 6.55. The van der Waals surface area contributed by atoms with Crippen molar-refractivity contribution >= 4 is 33.4 Å². The molecule has 0 saturated carbocycles. The van der Waals surface area contributed by atoms with Gasteiger partial charge in [-0.25, -0.2) is 9.37 Å². The second-order valence-electron chi connectivity index (χ2n) is 6.03. The van der Waals surface area contributed by atoms with Crippen molar-refractivity contribution in [2.24, 2.45) is 0 Å². The fraction of sp³-hybridized carbons (Fsp3) is 0.200. The largest absolute Gasteiger partial charge is 0.352 e. The molecule has 0 amide bonds. The van der Waals surface area contributed by atoms with Gasteiger partial charge in [-0.3, -0.25) is 0 Å². The summed E-state index contributed by atoms with van der Waals surface area (Å²) in [5.74, 6) is 0.896. The molecule has 0 aliphatic rings. The van der Waals surface area contributed by atoms with Crippen LogP contribution in [0.3, 0.4) is 0 Å². The minimum atomic E-state index is -0.297. The van der Waals surface area contributed by atoms with Crippen molar-refractivity contribution in [2.75, 3.05) is 10.6 Å². The molecule has 1 aromatic heterocycles. The van der Waals surface area contributed by atoms with E-state index in [1.807, 2.05) is 36.4 Å². The third-order valence-electron chi connectivity index (χ3n) is 3.98. The van der Waals surface area contributed by atoms with E-state index in [4.69, 9.17) is 0 Å². The van der Waals surface area contributed by atoms with Gasteiger partial charge in [-0.1, -0.05) is 37.3 Å². The lowest BCUT2D eigenvalue weighted by molar-refractivity contribution is 0.627. The van der Waals surface area contributed by atoms with Gasteiger partial charge >= 0.3 is 0 Å². The monoisotopic (exact) mass is 414 g/mol.